The van der Waals surface area contributed by atoms with Crippen LogP contribution in [0.4, 0.5) is 5.69 Å². The highest BCUT2D eigenvalue weighted by Crippen LogP contribution is 2.34. The van der Waals surface area contributed by atoms with Gasteiger partial charge in [-0.1, -0.05) is 79.8 Å². The number of primary amides is 1. The van der Waals surface area contributed by atoms with E-state index in [1.54, 1.807) is 50.2 Å². The van der Waals surface area contributed by atoms with E-state index in [4.69, 9.17) is 11.5 Å². The Morgan fingerprint density at radius 1 is 0.963 bits per heavy atom. The van der Waals surface area contributed by atoms with Crippen LogP contribution in [-0.4, -0.2) is 84.5 Å². The van der Waals surface area contributed by atoms with Crippen LogP contribution in [0.2, 0.25) is 0 Å². The van der Waals surface area contributed by atoms with Gasteiger partial charge in [-0.05, 0) is 73.2 Å². The third-order valence-corrected chi connectivity index (χ3v) is 10.8. The van der Waals surface area contributed by atoms with Gasteiger partial charge in [-0.25, -0.2) is 4.68 Å². The number of nitrogen functional groups attached to an aromatic ring is 1. The van der Waals surface area contributed by atoms with E-state index in [1.807, 2.05) is 30.3 Å². The molecular weight excluding hydrogens is 688 g/mol. The van der Waals surface area contributed by atoms with Crippen molar-refractivity contribution in [1.29, 1.82) is 0 Å². The average molecular weight is 739 g/mol. The van der Waals surface area contributed by atoms with Crippen molar-refractivity contribution in [2.45, 2.75) is 101 Å². The number of benzene rings is 3. The number of nitrogens with zero attached hydrogens (tertiary/aromatic N) is 4. The van der Waals surface area contributed by atoms with Gasteiger partial charge in [-0.3, -0.25) is 19.2 Å². The summed E-state index contributed by atoms with van der Waals surface area (Å²) in [5, 5.41) is 37.7. The first-order chi connectivity index (χ1) is 25.8. The predicted molar refractivity (Wildman–Crippen MR) is 203 cm³/mol. The highest BCUT2D eigenvalue weighted by Gasteiger charge is 2.45. The molecule has 8 N–H and O–H groups in total. The molecule has 54 heavy (non-hydrogen) atoms. The summed E-state index contributed by atoms with van der Waals surface area (Å²) >= 11 is 0. The Morgan fingerprint density at radius 2 is 1.67 bits per heavy atom. The lowest BCUT2D eigenvalue weighted by atomic mass is 9.84. The Balaban J connectivity index is 1.32. The molecule has 6 rings (SSSR count). The minimum Gasteiger partial charge on any atom is -0.399 e. The summed E-state index contributed by atoms with van der Waals surface area (Å²) in [6.07, 6.45) is 5.28. The number of hydrogen-bond donors (Lipinski definition) is 6. The molecule has 286 valence electrons. The molecule has 2 unspecified atom stereocenters. The topological polar surface area (TPSA) is 219 Å². The minimum atomic E-state index is -1.73. The lowest BCUT2D eigenvalue weighted by Crippen LogP contribution is -2.57. The van der Waals surface area contributed by atoms with Crippen molar-refractivity contribution in [1.82, 2.24) is 30.5 Å². The van der Waals surface area contributed by atoms with Gasteiger partial charge in [0.1, 0.15) is 17.7 Å². The van der Waals surface area contributed by atoms with Gasteiger partial charge in [0, 0.05) is 24.2 Å². The highest BCUT2D eigenvalue weighted by molar-refractivity contribution is 6.01. The number of aromatic nitrogens is 3. The van der Waals surface area contributed by atoms with Crippen molar-refractivity contribution in [2.24, 2.45) is 11.7 Å². The fourth-order valence-corrected chi connectivity index (χ4v) is 7.81. The quantitative estimate of drug-likeness (QED) is 0.111. The summed E-state index contributed by atoms with van der Waals surface area (Å²) in [7, 11) is 0. The number of aliphatic hydroxyl groups excluding tert-OH is 1. The van der Waals surface area contributed by atoms with Crippen LogP contribution in [0.3, 0.4) is 0 Å². The molecule has 1 aliphatic carbocycles. The summed E-state index contributed by atoms with van der Waals surface area (Å²) in [5.41, 5.74) is 12.0. The Labute approximate surface area is 314 Å². The molecule has 1 aliphatic heterocycles. The van der Waals surface area contributed by atoms with Gasteiger partial charge in [-0.15, -0.1) is 5.10 Å². The monoisotopic (exact) mass is 738 g/mol. The highest BCUT2D eigenvalue weighted by atomic mass is 16.3. The van der Waals surface area contributed by atoms with Crippen LogP contribution < -0.4 is 22.1 Å². The number of rotatable bonds is 13. The maximum Gasteiger partial charge on any atom is 0.251 e. The molecule has 0 bridgehead atoms. The largest absolute Gasteiger partial charge is 0.399 e. The number of nitrogens with two attached hydrogens (primary N) is 2. The molecule has 0 spiro atoms. The van der Waals surface area contributed by atoms with Crippen molar-refractivity contribution >= 4 is 40.1 Å². The summed E-state index contributed by atoms with van der Waals surface area (Å²) in [4.78, 5) is 56.8. The lowest BCUT2D eigenvalue weighted by molar-refractivity contribution is -0.141. The smallest absolute Gasteiger partial charge is 0.251 e. The zero-order valence-electron chi connectivity index (χ0n) is 30.7. The van der Waals surface area contributed by atoms with E-state index < -0.39 is 59.5 Å². The molecule has 2 heterocycles. The number of carbonyl (C=O) groups excluding carboxylic acids is 4. The second-order valence-corrected chi connectivity index (χ2v) is 15.3. The molecule has 14 heteroatoms. The molecule has 3 aromatic carbocycles. The number of amides is 4. The van der Waals surface area contributed by atoms with Crippen LogP contribution in [0.5, 0.6) is 0 Å². The van der Waals surface area contributed by atoms with E-state index in [0.717, 1.165) is 42.9 Å². The molecule has 1 saturated heterocycles. The summed E-state index contributed by atoms with van der Waals surface area (Å²) < 4.78 is 1.53. The van der Waals surface area contributed by atoms with Gasteiger partial charge in [0.15, 0.2) is 6.10 Å². The molecular formula is C40H50N8O6. The lowest BCUT2D eigenvalue weighted by Gasteiger charge is -2.32. The SMILES string of the molecule is CC(C)(O)c1cnnn1[C@H]1C[C@@H](C(=O)NC(Cc2ccc(N)cc2)C(O)C(N)=O)N(C(=O)[C@@H](CC2CCCCC2)NC(=O)c2ccc3ccccc3c2)C1. The first-order valence-corrected chi connectivity index (χ1v) is 18.6. The first-order valence-electron chi connectivity index (χ1n) is 18.6. The van der Waals surface area contributed by atoms with Crippen molar-refractivity contribution in [2.75, 3.05) is 12.3 Å². The summed E-state index contributed by atoms with van der Waals surface area (Å²) in [6, 6.07) is 16.1. The van der Waals surface area contributed by atoms with Crippen molar-refractivity contribution < 1.29 is 29.4 Å². The number of fused-ring (bicyclic) bond motifs is 1. The van der Waals surface area contributed by atoms with Crippen LogP contribution in [0.15, 0.2) is 72.9 Å². The van der Waals surface area contributed by atoms with Gasteiger partial charge in [0.2, 0.25) is 17.7 Å². The molecule has 4 amide bonds. The third kappa shape index (κ3) is 8.88. The predicted octanol–water partition coefficient (Wildman–Crippen LogP) is 2.73. The van der Waals surface area contributed by atoms with Gasteiger partial charge >= 0.3 is 0 Å². The van der Waals surface area contributed by atoms with Crippen molar-refractivity contribution in [3.05, 3.63) is 89.7 Å². The maximum atomic E-state index is 14.9. The maximum absolute atomic E-state index is 14.9. The Morgan fingerprint density at radius 3 is 2.35 bits per heavy atom. The van der Waals surface area contributed by atoms with E-state index >= 15 is 0 Å². The van der Waals surface area contributed by atoms with Crippen LogP contribution in [0.25, 0.3) is 10.8 Å². The van der Waals surface area contributed by atoms with Crippen LogP contribution in [0, 0.1) is 5.92 Å². The molecule has 1 aromatic heterocycles. The van der Waals surface area contributed by atoms with Gasteiger partial charge in [0.25, 0.3) is 5.91 Å². The Kier molecular flexibility index (Phi) is 11.6. The van der Waals surface area contributed by atoms with Crippen molar-refractivity contribution in [3.63, 3.8) is 0 Å². The second kappa shape index (κ2) is 16.4. The first kappa shape index (κ1) is 38.4. The number of carbonyl (C=O) groups is 4. The number of likely N-dealkylation sites (tertiary alicyclic amines) is 1. The zero-order valence-corrected chi connectivity index (χ0v) is 30.7. The number of hydrogen-bond acceptors (Lipinski definition) is 9. The van der Waals surface area contributed by atoms with Gasteiger partial charge in [-0.2, -0.15) is 0 Å². The Hall–Kier alpha value is -5.34. The Bertz CT molecular complexity index is 1970. The minimum absolute atomic E-state index is 0.0252. The molecule has 0 radical (unpaired) electrons. The zero-order chi connectivity index (χ0) is 38.6. The normalized spacial score (nSPS) is 19.6. The van der Waals surface area contributed by atoms with Crippen LogP contribution in [-0.2, 0) is 26.4 Å². The standard InChI is InChI=1S/C40H50N8O6/c1-40(2,54)34-22-43-46-48(34)30-21-33(38(52)44-31(35(49)36(42)50)18-25-12-16-29(41)17-13-25)47(23-30)39(53)32(19-24-8-4-3-5-9-24)45-37(51)28-15-14-26-10-6-7-11-27(26)20-28/h6-7,10-17,20,22,24,30-33,35,49,54H,3-5,8-9,18-19,21,23,41H2,1-2H3,(H2,42,50)(H,44,52)(H,45,51)/t30-,31?,32+,33-,35?/m0/s1. The van der Waals surface area contributed by atoms with E-state index in [-0.39, 0.29) is 25.3 Å². The molecule has 2 aliphatic rings. The number of anilines is 1. The molecule has 2 fully saturated rings. The van der Waals surface area contributed by atoms with E-state index in [2.05, 4.69) is 20.9 Å². The van der Waals surface area contributed by atoms with Gasteiger partial charge < -0.3 is 37.2 Å². The van der Waals surface area contributed by atoms with Crippen LogP contribution in [0.1, 0.15) is 86.5 Å². The van der Waals surface area contributed by atoms with E-state index in [0.29, 0.717) is 28.9 Å². The van der Waals surface area contributed by atoms with Crippen LogP contribution >= 0.6 is 0 Å². The number of aliphatic hydroxyl groups is 2. The molecule has 14 nitrogen and oxygen atoms in total. The van der Waals surface area contributed by atoms with E-state index in [1.165, 1.54) is 15.8 Å². The molecule has 5 atom stereocenters. The van der Waals surface area contributed by atoms with E-state index in [9.17, 15) is 29.4 Å². The van der Waals surface area contributed by atoms with Crippen molar-refractivity contribution in [3.8, 4) is 0 Å². The summed E-state index contributed by atoms with van der Waals surface area (Å²) in [5.74, 6) is -2.28. The number of nitrogens with one attached hydrogen (secondary N) is 2. The third-order valence-electron chi connectivity index (χ3n) is 10.8. The molecule has 4 aromatic rings. The average Bonchev–Trinajstić information content (AvgIpc) is 3.83. The molecule has 1 saturated carbocycles. The second-order valence-electron chi connectivity index (χ2n) is 15.3. The fraction of sp³-hybridized carbons (Fsp3) is 0.450. The van der Waals surface area contributed by atoms with Gasteiger partial charge in [0.05, 0.1) is 24.0 Å². The fourth-order valence-electron chi connectivity index (χ4n) is 7.81. The summed E-state index contributed by atoms with van der Waals surface area (Å²) in [6.45, 7) is 3.22.